The molecule has 0 amide bonds. The minimum absolute atomic E-state index is 0.245. The second kappa shape index (κ2) is 9.92. The van der Waals surface area contributed by atoms with Gasteiger partial charge in [-0.25, -0.2) is 0 Å². The molecule has 2 atom stereocenters. The molecule has 0 radical (unpaired) electrons. The van der Waals surface area contributed by atoms with Gasteiger partial charge in [0.2, 0.25) is 0 Å². The first kappa shape index (κ1) is 18.1. The van der Waals surface area contributed by atoms with Crippen LogP contribution in [0.4, 0.5) is 0 Å². The van der Waals surface area contributed by atoms with Crippen molar-refractivity contribution in [3.05, 3.63) is 23.8 Å². The Hall–Kier alpha value is -0.910. The van der Waals surface area contributed by atoms with E-state index in [0.717, 1.165) is 29.5 Å². The predicted molar refractivity (Wildman–Crippen MR) is 89.5 cm³/mol. The molecular weight excluding hydrogens is 286 g/mol. The van der Waals surface area contributed by atoms with Gasteiger partial charge in [0.1, 0.15) is 0 Å². The van der Waals surface area contributed by atoms with Crippen LogP contribution in [0.3, 0.4) is 0 Å². The molecule has 0 saturated heterocycles. The lowest BCUT2D eigenvalue weighted by Gasteiger charge is -2.20. The Balaban J connectivity index is 2.75. The van der Waals surface area contributed by atoms with Gasteiger partial charge >= 0.3 is 0 Å². The summed E-state index contributed by atoms with van der Waals surface area (Å²) in [5.74, 6) is 3.77. The molecule has 0 aliphatic heterocycles. The van der Waals surface area contributed by atoms with Crippen molar-refractivity contribution in [1.82, 2.24) is 5.32 Å². The Morgan fingerprint density at radius 2 is 1.90 bits per heavy atom. The zero-order chi connectivity index (χ0) is 15.7. The van der Waals surface area contributed by atoms with Crippen LogP contribution in [0.2, 0.25) is 0 Å². The maximum absolute atomic E-state index is 9.09. The van der Waals surface area contributed by atoms with Crippen molar-refractivity contribution in [2.45, 2.75) is 19.9 Å². The van der Waals surface area contributed by atoms with Gasteiger partial charge in [-0.1, -0.05) is 19.9 Å². The van der Waals surface area contributed by atoms with Crippen molar-refractivity contribution in [2.24, 2.45) is 5.92 Å². The summed E-state index contributed by atoms with van der Waals surface area (Å²) in [7, 11) is 3.30. The second-order valence-corrected chi connectivity index (χ2v) is 6.12. The largest absolute Gasteiger partial charge is 0.493 e. The lowest BCUT2D eigenvalue weighted by molar-refractivity contribution is 0.250. The molecule has 1 rings (SSSR count). The van der Waals surface area contributed by atoms with E-state index in [-0.39, 0.29) is 12.6 Å². The van der Waals surface area contributed by atoms with Crippen molar-refractivity contribution in [3.63, 3.8) is 0 Å². The maximum Gasteiger partial charge on any atom is 0.161 e. The Kier molecular flexibility index (Phi) is 8.57. The van der Waals surface area contributed by atoms with Crippen LogP contribution in [0.5, 0.6) is 11.5 Å². The Morgan fingerprint density at radius 3 is 2.48 bits per heavy atom. The molecule has 0 saturated carbocycles. The summed E-state index contributed by atoms with van der Waals surface area (Å²) in [5, 5.41) is 12.6. The lowest BCUT2D eigenvalue weighted by Crippen LogP contribution is -2.23. The number of thioether (sulfide) groups is 1. The van der Waals surface area contributed by atoms with Gasteiger partial charge in [-0.3, -0.25) is 0 Å². The molecule has 2 N–H and O–H groups in total. The van der Waals surface area contributed by atoms with Crippen molar-refractivity contribution in [1.29, 1.82) is 0 Å². The summed E-state index contributed by atoms with van der Waals surface area (Å²) in [4.78, 5) is 0. The molecule has 4 nitrogen and oxygen atoms in total. The highest BCUT2D eigenvalue weighted by Crippen LogP contribution is 2.31. The molecule has 1 aromatic rings. The van der Waals surface area contributed by atoms with Crippen LogP contribution < -0.4 is 14.8 Å². The number of ether oxygens (including phenoxy) is 2. The van der Waals surface area contributed by atoms with E-state index in [1.807, 2.05) is 23.9 Å². The van der Waals surface area contributed by atoms with E-state index < -0.39 is 0 Å². The Morgan fingerprint density at radius 1 is 1.19 bits per heavy atom. The van der Waals surface area contributed by atoms with Crippen molar-refractivity contribution in [2.75, 3.05) is 38.9 Å². The third kappa shape index (κ3) is 5.77. The summed E-state index contributed by atoms with van der Waals surface area (Å²) in [6.07, 6.45) is 0. The first-order valence-corrected chi connectivity index (χ1v) is 8.45. The van der Waals surface area contributed by atoms with E-state index in [0.29, 0.717) is 5.92 Å². The van der Waals surface area contributed by atoms with Crippen LogP contribution in [0, 0.1) is 5.92 Å². The standard InChI is InChI=1S/C16H27NO3S/c1-5-17-14(11-21-10-12(2)9-18)13-6-7-15(19-3)16(8-13)20-4/h6-8,12,14,17-18H,5,9-11H2,1-4H3. The first-order chi connectivity index (χ1) is 10.2. The van der Waals surface area contributed by atoms with Crippen LogP contribution in [-0.2, 0) is 0 Å². The highest BCUT2D eigenvalue weighted by Gasteiger charge is 2.14. The molecule has 0 bridgehead atoms. The molecule has 0 aliphatic rings. The predicted octanol–water partition coefficient (Wildman–Crippen LogP) is 2.72. The molecule has 120 valence electrons. The van der Waals surface area contributed by atoms with Crippen LogP contribution in [0.25, 0.3) is 0 Å². The molecule has 0 fully saturated rings. The fourth-order valence-corrected chi connectivity index (χ4v) is 3.22. The van der Waals surface area contributed by atoms with Gasteiger partial charge in [0.15, 0.2) is 11.5 Å². The zero-order valence-corrected chi connectivity index (χ0v) is 14.2. The fourth-order valence-electron chi connectivity index (χ4n) is 2.03. The quantitative estimate of drug-likeness (QED) is 0.695. The summed E-state index contributed by atoms with van der Waals surface area (Å²) in [5.41, 5.74) is 1.19. The van der Waals surface area contributed by atoms with Gasteiger partial charge in [0.05, 0.1) is 14.2 Å². The minimum Gasteiger partial charge on any atom is -0.493 e. The van der Waals surface area contributed by atoms with Crippen LogP contribution >= 0.6 is 11.8 Å². The normalized spacial score (nSPS) is 13.8. The van der Waals surface area contributed by atoms with E-state index >= 15 is 0 Å². The van der Waals surface area contributed by atoms with Gasteiger partial charge in [0.25, 0.3) is 0 Å². The molecular formula is C16H27NO3S. The lowest BCUT2D eigenvalue weighted by atomic mass is 10.1. The summed E-state index contributed by atoms with van der Waals surface area (Å²) >= 11 is 1.86. The van der Waals surface area contributed by atoms with Crippen molar-refractivity contribution >= 4 is 11.8 Å². The number of benzene rings is 1. The van der Waals surface area contributed by atoms with E-state index in [1.54, 1.807) is 14.2 Å². The number of rotatable bonds is 10. The number of aliphatic hydroxyl groups excluding tert-OH is 1. The summed E-state index contributed by atoms with van der Waals surface area (Å²) in [6.45, 7) is 5.32. The van der Waals surface area contributed by atoms with E-state index in [2.05, 4.69) is 25.2 Å². The van der Waals surface area contributed by atoms with Gasteiger partial charge in [-0.2, -0.15) is 11.8 Å². The number of hydrogen-bond donors (Lipinski definition) is 2. The second-order valence-electron chi connectivity index (χ2n) is 5.05. The highest BCUT2D eigenvalue weighted by atomic mass is 32.2. The topological polar surface area (TPSA) is 50.7 Å². The van der Waals surface area contributed by atoms with Gasteiger partial charge in [-0.05, 0) is 35.9 Å². The third-order valence-corrected chi connectivity index (χ3v) is 4.63. The zero-order valence-electron chi connectivity index (χ0n) is 13.4. The fraction of sp³-hybridized carbons (Fsp3) is 0.625. The SMILES string of the molecule is CCNC(CSCC(C)CO)c1ccc(OC)c(OC)c1. The molecule has 2 unspecified atom stereocenters. The molecule has 5 heteroatoms. The number of nitrogens with one attached hydrogen (secondary N) is 1. The van der Waals surface area contributed by atoms with Crippen LogP contribution in [0.15, 0.2) is 18.2 Å². The molecule has 0 heterocycles. The smallest absolute Gasteiger partial charge is 0.161 e. The van der Waals surface area contributed by atoms with E-state index in [9.17, 15) is 0 Å². The molecule has 0 aromatic heterocycles. The highest BCUT2D eigenvalue weighted by molar-refractivity contribution is 7.99. The summed E-state index contributed by atoms with van der Waals surface area (Å²) in [6, 6.07) is 6.32. The Labute approximate surface area is 132 Å². The molecule has 21 heavy (non-hydrogen) atoms. The minimum atomic E-state index is 0.245. The number of methoxy groups -OCH3 is 2. The average Bonchev–Trinajstić information content (AvgIpc) is 2.53. The van der Waals surface area contributed by atoms with Gasteiger partial charge < -0.3 is 19.9 Å². The maximum atomic E-state index is 9.09. The summed E-state index contributed by atoms with van der Waals surface area (Å²) < 4.78 is 10.7. The van der Waals surface area contributed by atoms with Gasteiger partial charge in [-0.15, -0.1) is 0 Å². The molecule has 0 spiro atoms. The Bertz CT molecular complexity index is 415. The third-order valence-electron chi connectivity index (χ3n) is 3.26. The monoisotopic (exact) mass is 313 g/mol. The van der Waals surface area contributed by atoms with Crippen molar-refractivity contribution < 1.29 is 14.6 Å². The number of hydrogen-bond acceptors (Lipinski definition) is 5. The number of aliphatic hydroxyl groups is 1. The van der Waals surface area contributed by atoms with Crippen LogP contribution in [-0.4, -0.2) is 44.0 Å². The average molecular weight is 313 g/mol. The molecule has 0 aliphatic carbocycles. The van der Waals surface area contributed by atoms with E-state index in [1.165, 1.54) is 5.56 Å². The van der Waals surface area contributed by atoms with Gasteiger partial charge in [0, 0.05) is 18.4 Å². The molecule has 1 aromatic carbocycles. The first-order valence-electron chi connectivity index (χ1n) is 7.30. The van der Waals surface area contributed by atoms with Crippen LogP contribution in [0.1, 0.15) is 25.5 Å². The van der Waals surface area contributed by atoms with E-state index in [4.69, 9.17) is 14.6 Å². The van der Waals surface area contributed by atoms with Crippen molar-refractivity contribution in [3.8, 4) is 11.5 Å².